The summed E-state index contributed by atoms with van der Waals surface area (Å²) in [5.41, 5.74) is 0.0810. The maximum Gasteiger partial charge on any atom is 1.00 e. The molecule has 0 spiro atoms. The summed E-state index contributed by atoms with van der Waals surface area (Å²) in [5, 5.41) is 10.6. The van der Waals surface area contributed by atoms with E-state index < -0.39 is 5.97 Å². The molecule has 0 atom stereocenters. The van der Waals surface area contributed by atoms with E-state index in [1.54, 1.807) is 12.1 Å². The second kappa shape index (κ2) is 10.8. The van der Waals surface area contributed by atoms with Gasteiger partial charge in [-0.1, -0.05) is 13.0 Å². The van der Waals surface area contributed by atoms with E-state index in [-0.39, 0.29) is 24.6 Å². The van der Waals surface area contributed by atoms with E-state index in [9.17, 15) is 4.79 Å². The molecule has 1 aromatic rings. The van der Waals surface area contributed by atoms with E-state index in [2.05, 4.69) is 10.3 Å². The number of carboxylic acid groups (broad SMARTS) is 1. The van der Waals surface area contributed by atoms with Crippen molar-refractivity contribution in [3.05, 3.63) is 30.1 Å². The van der Waals surface area contributed by atoms with Gasteiger partial charge in [-0.05, 0) is 18.7 Å². The number of aromatic nitrogens is 1. The van der Waals surface area contributed by atoms with Crippen LogP contribution in [0.4, 0.5) is 0 Å². The summed E-state index contributed by atoms with van der Waals surface area (Å²) in [4.78, 5) is 22.9. The first-order valence-electron chi connectivity index (χ1n) is 3.96. The molecule has 0 radical (unpaired) electrons. The predicted molar refractivity (Wildman–Crippen MR) is 50.6 cm³/mol. The van der Waals surface area contributed by atoms with Gasteiger partial charge in [0.15, 0.2) is 0 Å². The molecule has 5 nitrogen and oxygen atoms in total. The molecule has 0 saturated carbocycles. The van der Waals surface area contributed by atoms with Crippen LogP contribution in [0.1, 0.15) is 17.4 Å². The quantitative estimate of drug-likeness (QED) is 0.321. The van der Waals surface area contributed by atoms with E-state index in [1.165, 1.54) is 18.7 Å². The van der Waals surface area contributed by atoms with Crippen molar-refractivity contribution in [3.8, 4) is 0 Å². The number of aromatic carboxylic acids is 1. The minimum Gasteiger partial charge on any atom is -0.530 e. The van der Waals surface area contributed by atoms with Crippen molar-refractivity contribution in [2.45, 2.75) is 6.92 Å². The molecule has 1 heterocycles. The summed E-state index contributed by atoms with van der Waals surface area (Å²) in [5.74, 6) is -0.990. The minimum atomic E-state index is -0.990. The third-order valence-corrected chi connectivity index (χ3v) is 1.13. The number of pyridine rings is 1. The largest absolute Gasteiger partial charge is 1.00 e. The fourth-order valence-electron chi connectivity index (χ4n) is 0.561. The van der Waals surface area contributed by atoms with Gasteiger partial charge in [0, 0.05) is 6.20 Å². The number of carbonyl (C=O) groups excluding carboxylic acids is 1. The molecule has 1 amide bonds. The molecule has 76 valence electrons. The summed E-state index contributed by atoms with van der Waals surface area (Å²) in [6.45, 7) is 2.51. The number of hydrogen-bond acceptors (Lipinski definition) is 3. The molecule has 1 rings (SSSR count). The third kappa shape index (κ3) is 9.00. The Hall–Kier alpha value is -1.31. The number of hydrogen-bond donors (Lipinski definition) is 2. The van der Waals surface area contributed by atoms with E-state index in [0.717, 1.165) is 0 Å². The van der Waals surface area contributed by atoms with Crippen LogP contribution >= 0.6 is 0 Å². The van der Waals surface area contributed by atoms with Crippen LogP contribution in [0.2, 0.25) is 0 Å². The van der Waals surface area contributed by atoms with Crippen molar-refractivity contribution in [3.63, 3.8) is 0 Å². The fourth-order valence-corrected chi connectivity index (χ4v) is 0.561. The summed E-state index contributed by atoms with van der Waals surface area (Å²) in [7, 11) is 0. The first-order valence-corrected chi connectivity index (χ1v) is 3.96. The molecule has 0 unspecified atom stereocenters. The van der Waals surface area contributed by atoms with Crippen molar-refractivity contribution in [2.75, 3.05) is 6.54 Å². The van der Waals surface area contributed by atoms with Gasteiger partial charge in [0.2, 0.25) is 0 Å². The van der Waals surface area contributed by atoms with Crippen LogP contribution in [0.5, 0.6) is 0 Å². The van der Waals surface area contributed by atoms with Crippen molar-refractivity contribution in [1.29, 1.82) is 0 Å². The Labute approximate surface area is 100 Å². The Morgan fingerprint density at radius 3 is 2.47 bits per heavy atom. The number of carbonyl (C=O) groups is 1. The molecule has 2 N–H and O–H groups in total. The maximum absolute atomic E-state index is 10.1. The van der Waals surface area contributed by atoms with Gasteiger partial charge in [-0.25, -0.2) is 9.78 Å². The zero-order valence-electron chi connectivity index (χ0n) is 8.73. The molecule has 0 aliphatic rings. The summed E-state index contributed by atoms with van der Waals surface area (Å²) < 4.78 is 0. The smallest absolute Gasteiger partial charge is 0.530 e. The van der Waals surface area contributed by atoms with E-state index >= 15 is 0 Å². The molecule has 0 saturated heterocycles. The Balaban J connectivity index is 0. The van der Waals surface area contributed by atoms with Crippen molar-refractivity contribution < 1.29 is 33.6 Å². The van der Waals surface area contributed by atoms with Crippen LogP contribution in [-0.2, 0) is 4.79 Å². The molecule has 15 heavy (non-hydrogen) atoms. The van der Waals surface area contributed by atoms with E-state index in [4.69, 9.17) is 9.90 Å². The molecular formula is C9H11LiN2O3. The second-order valence-electron chi connectivity index (χ2n) is 2.15. The molecule has 0 aromatic carbocycles. The van der Waals surface area contributed by atoms with Crippen LogP contribution in [0, 0.1) is 0 Å². The van der Waals surface area contributed by atoms with Crippen LogP contribution in [-0.4, -0.2) is 29.0 Å². The normalized spacial score (nSPS) is 7.53. The van der Waals surface area contributed by atoms with Gasteiger partial charge in [-0.2, -0.15) is 6.41 Å². The Kier molecular flexibility index (Phi) is 11.6. The van der Waals surface area contributed by atoms with Gasteiger partial charge in [-0.15, -0.1) is 0 Å². The zero-order chi connectivity index (χ0) is 10.8. The summed E-state index contributed by atoms with van der Waals surface area (Å²) in [6, 6.07) is 4.76. The van der Waals surface area contributed by atoms with Gasteiger partial charge in [0.05, 0.1) is 0 Å². The number of nitrogens with zero attached hydrogens (tertiary/aromatic N) is 1. The Morgan fingerprint density at radius 1 is 1.60 bits per heavy atom. The topological polar surface area (TPSA) is 79.3 Å². The molecule has 0 aliphatic heterocycles. The molecule has 0 aliphatic carbocycles. The number of carboxylic acids is 1. The van der Waals surface area contributed by atoms with Gasteiger partial charge < -0.3 is 15.2 Å². The monoisotopic (exact) mass is 202 g/mol. The van der Waals surface area contributed by atoms with Crippen molar-refractivity contribution >= 4 is 12.4 Å². The van der Waals surface area contributed by atoms with Gasteiger partial charge in [-0.3, -0.25) is 0 Å². The first-order chi connectivity index (χ1) is 6.72. The fraction of sp³-hybridized carbons (Fsp3) is 0.222. The van der Waals surface area contributed by atoms with Gasteiger partial charge in [0.25, 0.3) is 0 Å². The Bertz CT molecular complexity index is 280. The summed E-state index contributed by atoms with van der Waals surface area (Å²) >= 11 is 0. The molecule has 0 bridgehead atoms. The SMILES string of the molecule is CCN[C-]=O.O=C(O)c1ccccn1.[Li+]. The minimum absolute atomic E-state index is 0. The average Bonchev–Trinajstić information content (AvgIpc) is 2.21. The van der Waals surface area contributed by atoms with Crippen LogP contribution in [0.15, 0.2) is 24.4 Å². The molecular weight excluding hydrogens is 191 g/mol. The molecule has 0 fully saturated rings. The maximum atomic E-state index is 10.1. The first kappa shape index (κ1) is 16.1. The third-order valence-electron chi connectivity index (χ3n) is 1.13. The standard InChI is InChI=1S/C6H5NO2.C3H6NO.Li/c8-6(9)5-3-1-2-4-7-5;1-2-4-3-5;/h1-4H,(H,8,9);2H2,1H3,(H,4,5);/q;-1;+1. The number of nitrogens with one attached hydrogen (secondary N) is 1. The molecule has 6 heteroatoms. The average molecular weight is 202 g/mol. The number of amides is 1. The van der Waals surface area contributed by atoms with Gasteiger partial charge >= 0.3 is 24.8 Å². The van der Waals surface area contributed by atoms with E-state index in [0.29, 0.717) is 6.54 Å². The van der Waals surface area contributed by atoms with Crippen LogP contribution in [0.25, 0.3) is 0 Å². The predicted octanol–water partition coefficient (Wildman–Crippen LogP) is -2.55. The zero-order valence-corrected chi connectivity index (χ0v) is 8.73. The van der Waals surface area contributed by atoms with Crippen molar-refractivity contribution in [1.82, 2.24) is 10.3 Å². The van der Waals surface area contributed by atoms with Crippen molar-refractivity contribution in [2.24, 2.45) is 0 Å². The van der Waals surface area contributed by atoms with Gasteiger partial charge in [0.1, 0.15) is 5.69 Å². The second-order valence-corrected chi connectivity index (χ2v) is 2.15. The van der Waals surface area contributed by atoms with Crippen LogP contribution in [0.3, 0.4) is 0 Å². The molecule has 1 aromatic heterocycles. The number of rotatable bonds is 3. The van der Waals surface area contributed by atoms with Crippen LogP contribution < -0.4 is 24.2 Å². The summed E-state index contributed by atoms with van der Waals surface area (Å²) in [6.07, 6.45) is 2.97. The Morgan fingerprint density at radius 2 is 2.27 bits per heavy atom. The van der Waals surface area contributed by atoms with E-state index in [1.807, 2.05) is 6.92 Å².